The zero-order chi connectivity index (χ0) is 13.9. The van der Waals surface area contributed by atoms with Crippen LogP contribution in [0.3, 0.4) is 0 Å². The van der Waals surface area contributed by atoms with Crippen molar-refractivity contribution in [1.29, 1.82) is 0 Å². The van der Waals surface area contributed by atoms with Crippen molar-refractivity contribution in [3.05, 3.63) is 35.5 Å². The van der Waals surface area contributed by atoms with E-state index in [0.717, 1.165) is 27.5 Å². The highest BCUT2D eigenvalue weighted by Gasteiger charge is 2.21. The summed E-state index contributed by atoms with van der Waals surface area (Å²) in [6.07, 6.45) is 8.34. The Morgan fingerprint density at radius 2 is 2.25 bits per heavy atom. The summed E-state index contributed by atoms with van der Waals surface area (Å²) in [5.41, 5.74) is 2.10. The van der Waals surface area contributed by atoms with Gasteiger partial charge in [0.2, 0.25) is 0 Å². The molecule has 0 spiro atoms. The smallest absolute Gasteiger partial charge is 0.0934 e. The zero-order valence-corrected chi connectivity index (χ0v) is 12.7. The predicted octanol–water partition coefficient (Wildman–Crippen LogP) is 5.27. The van der Waals surface area contributed by atoms with Crippen molar-refractivity contribution in [1.82, 2.24) is 4.98 Å². The van der Waals surface area contributed by atoms with E-state index in [9.17, 15) is 0 Å². The molecule has 1 fully saturated rings. The molecule has 1 N–H and O–H groups in total. The third kappa shape index (κ3) is 2.90. The highest BCUT2D eigenvalue weighted by Crippen LogP contribution is 2.32. The molecule has 2 aromatic rings. The van der Waals surface area contributed by atoms with E-state index in [1.165, 1.54) is 32.1 Å². The largest absolute Gasteiger partial charge is 0.380 e. The van der Waals surface area contributed by atoms with Crippen molar-refractivity contribution in [2.24, 2.45) is 5.92 Å². The standard InChI is InChI=1S/C17H21ClN2/c1-2-12-5-3-7-15(9-12)20-16-11-14(18)10-13-6-4-8-19-17(13)16/h4,6,8,10-12,15,20H,2-3,5,7,9H2,1H3. The lowest BCUT2D eigenvalue weighted by molar-refractivity contribution is 0.327. The first-order valence-corrected chi connectivity index (χ1v) is 7.95. The fourth-order valence-electron chi connectivity index (χ4n) is 3.28. The van der Waals surface area contributed by atoms with Gasteiger partial charge in [-0.3, -0.25) is 4.98 Å². The Labute approximate surface area is 125 Å². The number of hydrogen-bond donors (Lipinski definition) is 1. The van der Waals surface area contributed by atoms with Gasteiger partial charge in [-0.15, -0.1) is 0 Å². The van der Waals surface area contributed by atoms with Crippen LogP contribution in [-0.4, -0.2) is 11.0 Å². The molecule has 0 amide bonds. The molecule has 2 unspecified atom stereocenters. The Morgan fingerprint density at radius 3 is 3.10 bits per heavy atom. The van der Waals surface area contributed by atoms with E-state index in [0.29, 0.717) is 6.04 Å². The zero-order valence-electron chi connectivity index (χ0n) is 11.9. The van der Waals surface area contributed by atoms with Crippen LogP contribution in [0.25, 0.3) is 10.9 Å². The van der Waals surface area contributed by atoms with E-state index in [1.54, 1.807) is 0 Å². The van der Waals surface area contributed by atoms with Crippen LogP contribution in [0.4, 0.5) is 5.69 Å². The number of pyridine rings is 1. The Hall–Kier alpha value is -1.28. The number of anilines is 1. The van der Waals surface area contributed by atoms with Crippen LogP contribution in [0.2, 0.25) is 5.02 Å². The maximum Gasteiger partial charge on any atom is 0.0934 e. The molecule has 1 aromatic heterocycles. The van der Waals surface area contributed by atoms with Crippen LogP contribution >= 0.6 is 11.6 Å². The molecular weight excluding hydrogens is 268 g/mol. The minimum Gasteiger partial charge on any atom is -0.380 e. The van der Waals surface area contributed by atoms with Crippen molar-refractivity contribution < 1.29 is 0 Å². The van der Waals surface area contributed by atoms with E-state index in [1.807, 2.05) is 24.4 Å². The molecule has 1 heterocycles. The average Bonchev–Trinajstić information content (AvgIpc) is 2.47. The quantitative estimate of drug-likeness (QED) is 0.832. The summed E-state index contributed by atoms with van der Waals surface area (Å²) < 4.78 is 0. The van der Waals surface area contributed by atoms with Crippen molar-refractivity contribution in [2.75, 3.05) is 5.32 Å². The molecule has 1 saturated carbocycles. The number of fused-ring (bicyclic) bond motifs is 1. The summed E-state index contributed by atoms with van der Waals surface area (Å²) in [4.78, 5) is 4.51. The van der Waals surface area contributed by atoms with E-state index in [-0.39, 0.29) is 0 Å². The van der Waals surface area contributed by atoms with Gasteiger partial charge >= 0.3 is 0 Å². The second-order valence-electron chi connectivity index (χ2n) is 5.81. The minimum atomic E-state index is 0.553. The molecule has 0 aliphatic heterocycles. The third-order valence-electron chi connectivity index (χ3n) is 4.39. The van der Waals surface area contributed by atoms with E-state index in [2.05, 4.69) is 23.3 Å². The first kappa shape index (κ1) is 13.7. The average molecular weight is 289 g/mol. The third-order valence-corrected chi connectivity index (χ3v) is 4.61. The summed E-state index contributed by atoms with van der Waals surface area (Å²) >= 11 is 6.23. The second kappa shape index (κ2) is 6.01. The van der Waals surface area contributed by atoms with E-state index >= 15 is 0 Å². The van der Waals surface area contributed by atoms with Gasteiger partial charge in [0.1, 0.15) is 0 Å². The molecule has 1 aliphatic rings. The summed E-state index contributed by atoms with van der Waals surface area (Å²) in [6, 6.07) is 8.56. The first-order valence-electron chi connectivity index (χ1n) is 7.57. The van der Waals surface area contributed by atoms with Crippen LogP contribution in [0.1, 0.15) is 39.0 Å². The van der Waals surface area contributed by atoms with Crippen LogP contribution in [-0.2, 0) is 0 Å². The summed E-state index contributed by atoms with van der Waals surface area (Å²) in [5.74, 6) is 0.861. The van der Waals surface area contributed by atoms with Gasteiger partial charge in [-0.2, -0.15) is 0 Å². The van der Waals surface area contributed by atoms with Crippen molar-refractivity contribution in [3.8, 4) is 0 Å². The molecule has 0 radical (unpaired) electrons. The number of hydrogen-bond acceptors (Lipinski definition) is 2. The molecule has 2 nitrogen and oxygen atoms in total. The Kier molecular flexibility index (Phi) is 4.11. The number of aromatic nitrogens is 1. The lowest BCUT2D eigenvalue weighted by atomic mass is 9.84. The lowest BCUT2D eigenvalue weighted by Gasteiger charge is -2.30. The van der Waals surface area contributed by atoms with Crippen LogP contribution < -0.4 is 5.32 Å². The maximum absolute atomic E-state index is 6.23. The summed E-state index contributed by atoms with van der Waals surface area (Å²) in [7, 11) is 0. The highest BCUT2D eigenvalue weighted by molar-refractivity contribution is 6.31. The predicted molar refractivity (Wildman–Crippen MR) is 86.4 cm³/mol. The number of halogens is 1. The van der Waals surface area contributed by atoms with Crippen molar-refractivity contribution in [2.45, 2.75) is 45.1 Å². The monoisotopic (exact) mass is 288 g/mol. The van der Waals surface area contributed by atoms with Gasteiger partial charge in [-0.25, -0.2) is 0 Å². The van der Waals surface area contributed by atoms with Gasteiger partial charge in [0.25, 0.3) is 0 Å². The van der Waals surface area contributed by atoms with Crippen LogP contribution in [0, 0.1) is 5.92 Å². The Balaban J connectivity index is 1.86. The molecule has 1 aromatic carbocycles. The number of rotatable bonds is 3. The molecule has 0 bridgehead atoms. The topological polar surface area (TPSA) is 24.9 Å². The summed E-state index contributed by atoms with van der Waals surface area (Å²) in [5, 5.41) is 5.56. The van der Waals surface area contributed by atoms with Crippen molar-refractivity contribution in [3.63, 3.8) is 0 Å². The number of benzene rings is 1. The second-order valence-corrected chi connectivity index (χ2v) is 6.25. The first-order chi connectivity index (χ1) is 9.76. The van der Waals surface area contributed by atoms with Gasteiger partial charge < -0.3 is 5.32 Å². The van der Waals surface area contributed by atoms with Crippen LogP contribution in [0.15, 0.2) is 30.5 Å². The molecule has 106 valence electrons. The van der Waals surface area contributed by atoms with Gasteiger partial charge in [-0.05, 0) is 37.0 Å². The molecule has 1 aliphatic carbocycles. The minimum absolute atomic E-state index is 0.553. The normalized spacial score (nSPS) is 22.9. The van der Waals surface area contributed by atoms with Gasteiger partial charge in [0.05, 0.1) is 11.2 Å². The lowest BCUT2D eigenvalue weighted by Crippen LogP contribution is -2.27. The molecule has 3 rings (SSSR count). The fraction of sp³-hybridized carbons (Fsp3) is 0.471. The number of nitrogens with one attached hydrogen (secondary N) is 1. The molecule has 20 heavy (non-hydrogen) atoms. The summed E-state index contributed by atoms with van der Waals surface area (Å²) in [6.45, 7) is 2.30. The van der Waals surface area contributed by atoms with Gasteiger partial charge in [0, 0.05) is 22.6 Å². The Bertz CT molecular complexity index is 597. The maximum atomic E-state index is 6.23. The fourth-order valence-corrected chi connectivity index (χ4v) is 3.51. The molecular formula is C17H21ClN2. The van der Waals surface area contributed by atoms with E-state index in [4.69, 9.17) is 11.6 Å². The molecule has 3 heteroatoms. The molecule has 2 atom stereocenters. The van der Waals surface area contributed by atoms with Crippen LogP contribution in [0.5, 0.6) is 0 Å². The van der Waals surface area contributed by atoms with E-state index < -0.39 is 0 Å². The van der Waals surface area contributed by atoms with Crippen molar-refractivity contribution >= 4 is 28.2 Å². The Morgan fingerprint density at radius 1 is 1.35 bits per heavy atom. The number of nitrogens with zero attached hydrogens (tertiary/aromatic N) is 1. The highest BCUT2D eigenvalue weighted by atomic mass is 35.5. The molecule has 0 saturated heterocycles. The van der Waals surface area contributed by atoms with Gasteiger partial charge in [0.15, 0.2) is 0 Å². The SMILES string of the molecule is CCC1CCCC(Nc2cc(Cl)cc3cccnc23)C1. The van der Waals surface area contributed by atoms with Gasteiger partial charge in [-0.1, -0.05) is 43.9 Å².